The monoisotopic (exact) mass is 283 g/mol. The Morgan fingerprint density at radius 1 is 1.05 bits per heavy atom. The second kappa shape index (κ2) is 4.12. The van der Waals surface area contributed by atoms with Crippen LogP contribution in [0.3, 0.4) is 0 Å². The lowest BCUT2D eigenvalue weighted by atomic mass is 9.96. The summed E-state index contributed by atoms with van der Waals surface area (Å²) in [5.74, 6) is 1.07. The van der Waals surface area contributed by atoms with Crippen LogP contribution in [0.1, 0.15) is 50.4 Å². The van der Waals surface area contributed by atoms with Gasteiger partial charge in [-0.2, -0.15) is 5.10 Å². The highest BCUT2D eigenvalue weighted by Crippen LogP contribution is 2.74. The van der Waals surface area contributed by atoms with Crippen molar-refractivity contribution in [2.24, 2.45) is 10.8 Å². The molecule has 0 spiro atoms. The molecule has 0 amide bonds. The van der Waals surface area contributed by atoms with Gasteiger partial charge in [-0.3, -0.25) is 5.10 Å². The lowest BCUT2D eigenvalue weighted by Crippen LogP contribution is -1.95. The van der Waals surface area contributed by atoms with Gasteiger partial charge in [-0.1, -0.05) is 45.9 Å². The minimum atomic E-state index is 0.264. The van der Waals surface area contributed by atoms with Gasteiger partial charge in [-0.15, -0.1) is 0 Å². The first kappa shape index (κ1) is 14.2. The molecule has 0 bridgehead atoms. The van der Waals surface area contributed by atoms with Crippen molar-refractivity contribution in [3.63, 3.8) is 0 Å². The van der Waals surface area contributed by atoms with Gasteiger partial charge >= 0.3 is 0 Å². The molecule has 1 aliphatic carbocycles. The van der Waals surface area contributed by atoms with E-state index in [1.807, 2.05) is 0 Å². The van der Waals surface area contributed by atoms with Crippen molar-refractivity contribution < 1.29 is 0 Å². The van der Waals surface area contributed by atoms with Gasteiger partial charge in [0.1, 0.15) is 0 Å². The van der Waals surface area contributed by atoms with Crippen LogP contribution in [0.2, 0.25) is 0 Å². The van der Waals surface area contributed by atoms with E-state index in [9.17, 15) is 0 Å². The number of nitrogens with one attached hydrogen (secondary N) is 1. The van der Waals surface area contributed by atoms with E-state index in [1.54, 1.807) is 0 Å². The van der Waals surface area contributed by atoms with Crippen LogP contribution in [-0.2, 0) is 0 Å². The first-order valence-corrected chi connectivity index (χ1v) is 7.59. The number of nitrogens with zero attached hydrogens (tertiary/aromatic N) is 1. The van der Waals surface area contributed by atoms with Crippen molar-refractivity contribution in [3.05, 3.63) is 35.0 Å². The largest absolute Gasteiger partial charge is 0.382 e. The van der Waals surface area contributed by atoms with Gasteiger partial charge < -0.3 is 5.73 Å². The maximum Gasteiger partial charge on any atom is 0.153 e. The normalized spacial score (nSPS) is 19.7. The fourth-order valence-electron chi connectivity index (χ4n) is 3.70. The number of benzene rings is 1. The average molecular weight is 283 g/mol. The number of rotatable bonds is 2. The Balaban J connectivity index is 2.13. The molecular formula is C18H25N3. The number of hydrogen-bond acceptors (Lipinski definition) is 2. The molecule has 3 N–H and O–H groups in total. The molecule has 1 aliphatic rings. The molecule has 1 fully saturated rings. The Hall–Kier alpha value is -1.77. The number of H-pyrrole nitrogens is 1. The van der Waals surface area contributed by atoms with Crippen LogP contribution in [0, 0.1) is 24.7 Å². The Labute approximate surface area is 127 Å². The van der Waals surface area contributed by atoms with Crippen molar-refractivity contribution in [2.75, 3.05) is 5.73 Å². The molecule has 0 unspecified atom stereocenters. The van der Waals surface area contributed by atoms with Crippen LogP contribution >= 0.6 is 0 Å². The molecule has 3 nitrogen and oxygen atoms in total. The smallest absolute Gasteiger partial charge is 0.153 e. The van der Waals surface area contributed by atoms with Crippen LogP contribution in [0.5, 0.6) is 0 Å². The molecular weight excluding hydrogens is 258 g/mol. The van der Waals surface area contributed by atoms with E-state index < -0.39 is 0 Å². The van der Waals surface area contributed by atoms with Crippen molar-refractivity contribution in [3.8, 4) is 11.1 Å². The second-order valence-electron chi connectivity index (χ2n) is 7.57. The molecule has 3 heteroatoms. The van der Waals surface area contributed by atoms with E-state index in [4.69, 9.17) is 5.73 Å². The Bertz CT molecular complexity index is 693. The van der Waals surface area contributed by atoms with Crippen molar-refractivity contribution in [1.82, 2.24) is 10.2 Å². The highest BCUT2D eigenvalue weighted by molar-refractivity contribution is 5.78. The van der Waals surface area contributed by atoms with Gasteiger partial charge in [0.25, 0.3) is 0 Å². The van der Waals surface area contributed by atoms with Crippen molar-refractivity contribution >= 4 is 5.82 Å². The van der Waals surface area contributed by atoms with E-state index in [2.05, 4.69) is 69.9 Å². The lowest BCUT2D eigenvalue weighted by Gasteiger charge is -2.08. The van der Waals surface area contributed by atoms with Crippen LogP contribution in [0.4, 0.5) is 5.82 Å². The highest BCUT2D eigenvalue weighted by atomic mass is 15.2. The zero-order chi connectivity index (χ0) is 15.6. The zero-order valence-electron chi connectivity index (χ0n) is 13.8. The minimum Gasteiger partial charge on any atom is -0.382 e. The maximum atomic E-state index is 6.16. The summed E-state index contributed by atoms with van der Waals surface area (Å²) in [6.45, 7) is 13.5. The molecule has 112 valence electrons. The molecule has 0 radical (unpaired) electrons. The molecule has 0 aliphatic heterocycles. The number of hydrogen-bond donors (Lipinski definition) is 2. The van der Waals surface area contributed by atoms with Crippen molar-refractivity contribution in [1.29, 1.82) is 0 Å². The SMILES string of the molecule is Cc1ccc(-c2c(N)n[nH]c2C2C(C)(C)C2(C)C)cc1C. The summed E-state index contributed by atoms with van der Waals surface area (Å²) in [4.78, 5) is 0. The quantitative estimate of drug-likeness (QED) is 0.857. The van der Waals surface area contributed by atoms with Gasteiger partial charge in [0.05, 0.1) is 0 Å². The third-order valence-corrected chi connectivity index (χ3v) is 5.93. The molecule has 1 saturated carbocycles. The predicted molar refractivity (Wildman–Crippen MR) is 88.2 cm³/mol. The van der Waals surface area contributed by atoms with Crippen LogP contribution < -0.4 is 5.73 Å². The van der Waals surface area contributed by atoms with Crippen molar-refractivity contribution in [2.45, 2.75) is 47.5 Å². The summed E-state index contributed by atoms with van der Waals surface area (Å²) in [5, 5.41) is 7.49. The standard InChI is InChI=1S/C18H25N3/c1-10-7-8-12(9-11(10)2)13-14(20-21-16(13)19)15-17(3,4)18(15,5)6/h7-9,15H,1-6H3,(H3,19,20,21). The molecule has 1 aromatic carbocycles. The summed E-state index contributed by atoms with van der Waals surface area (Å²) in [7, 11) is 0. The number of nitrogens with two attached hydrogens (primary N) is 1. The second-order valence-corrected chi connectivity index (χ2v) is 7.57. The summed E-state index contributed by atoms with van der Waals surface area (Å²) < 4.78 is 0. The van der Waals surface area contributed by atoms with Crippen LogP contribution in [0.25, 0.3) is 11.1 Å². The van der Waals surface area contributed by atoms with Gasteiger partial charge in [0.15, 0.2) is 5.82 Å². The summed E-state index contributed by atoms with van der Waals surface area (Å²) >= 11 is 0. The first-order chi connectivity index (χ1) is 9.68. The fourth-order valence-corrected chi connectivity index (χ4v) is 3.70. The number of aromatic amines is 1. The topological polar surface area (TPSA) is 54.7 Å². The molecule has 1 aromatic heterocycles. The molecule has 0 atom stereocenters. The van der Waals surface area contributed by atoms with E-state index in [1.165, 1.54) is 16.8 Å². The minimum absolute atomic E-state index is 0.264. The van der Waals surface area contributed by atoms with Gasteiger partial charge in [0.2, 0.25) is 0 Å². The summed E-state index contributed by atoms with van der Waals surface area (Å²) in [6.07, 6.45) is 0. The number of anilines is 1. The predicted octanol–water partition coefficient (Wildman–Crippen LogP) is 4.43. The molecule has 3 rings (SSSR count). The lowest BCUT2D eigenvalue weighted by molar-refractivity contribution is 0.457. The molecule has 1 heterocycles. The number of nitrogen functional groups attached to an aromatic ring is 1. The van der Waals surface area contributed by atoms with Gasteiger partial charge in [-0.25, -0.2) is 0 Å². The third kappa shape index (κ3) is 1.83. The first-order valence-electron chi connectivity index (χ1n) is 7.59. The zero-order valence-corrected chi connectivity index (χ0v) is 13.8. The maximum absolute atomic E-state index is 6.16. The molecule has 0 saturated heterocycles. The Morgan fingerprint density at radius 2 is 1.67 bits per heavy atom. The number of aromatic nitrogens is 2. The van der Waals surface area contributed by atoms with Gasteiger partial charge in [-0.05, 0) is 41.4 Å². The average Bonchev–Trinajstić information content (AvgIpc) is 2.68. The third-order valence-electron chi connectivity index (χ3n) is 5.93. The number of aryl methyl sites for hydroxylation is 2. The molecule has 2 aromatic rings. The highest BCUT2D eigenvalue weighted by Gasteiger charge is 2.66. The Morgan fingerprint density at radius 3 is 2.19 bits per heavy atom. The summed E-state index contributed by atoms with van der Waals surface area (Å²) in [5.41, 5.74) is 12.7. The summed E-state index contributed by atoms with van der Waals surface area (Å²) in [6, 6.07) is 6.52. The van der Waals surface area contributed by atoms with E-state index in [0.29, 0.717) is 11.7 Å². The van der Waals surface area contributed by atoms with E-state index in [0.717, 1.165) is 11.1 Å². The molecule has 21 heavy (non-hydrogen) atoms. The Kier molecular flexibility index (Phi) is 2.78. The van der Waals surface area contributed by atoms with Gasteiger partial charge in [0, 0.05) is 17.2 Å². The van der Waals surface area contributed by atoms with Crippen LogP contribution in [0.15, 0.2) is 18.2 Å². The van der Waals surface area contributed by atoms with E-state index in [-0.39, 0.29) is 10.8 Å². The van der Waals surface area contributed by atoms with E-state index >= 15 is 0 Å². The fraction of sp³-hybridized carbons (Fsp3) is 0.500. The van der Waals surface area contributed by atoms with Crippen LogP contribution in [-0.4, -0.2) is 10.2 Å².